The molecule has 0 amide bonds. The van der Waals surface area contributed by atoms with Crippen molar-refractivity contribution in [3.8, 4) is 22.5 Å². The molecule has 1 N–H and O–H groups in total. The minimum Gasteiger partial charge on any atom is -0.478 e. The van der Waals surface area contributed by atoms with E-state index in [-0.39, 0.29) is 0 Å². The van der Waals surface area contributed by atoms with Gasteiger partial charge in [0.15, 0.2) is 0 Å². The van der Waals surface area contributed by atoms with Crippen LogP contribution in [0.2, 0.25) is 0 Å². The molecule has 3 heterocycles. The Morgan fingerprint density at radius 3 is 2.40 bits per heavy atom. The highest BCUT2D eigenvalue weighted by molar-refractivity contribution is 6.07. The first-order valence-corrected chi connectivity index (χ1v) is 12.9. The molecule has 178 valence electrons. The minimum atomic E-state index is -0.919. The van der Waals surface area contributed by atoms with Crippen molar-refractivity contribution in [2.24, 2.45) is 0 Å². The maximum atomic E-state index is 12.2. The van der Waals surface area contributed by atoms with Crippen LogP contribution in [0.4, 0.5) is 5.69 Å². The molecule has 2 fully saturated rings. The van der Waals surface area contributed by atoms with Crippen molar-refractivity contribution in [3.05, 3.63) is 71.6 Å². The average Bonchev–Trinajstić information content (AvgIpc) is 2.92. The molecule has 0 atom stereocenters. The zero-order valence-electron chi connectivity index (χ0n) is 20.0. The summed E-state index contributed by atoms with van der Waals surface area (Å²) in [5, 5.41) is 12.1. The lowest BCUT2D eigenvalue weighted by Gasteiger charge is -2.29. The van der Waals surface area contributed by atoms with Crippen molar-refractivity contribution < 1.29 is 14.3 Å². The Bertz CT molecular complexity index is 1440. The van der Waals surface area contributed by atoms with Gasteiger partial charge < -0.3 is 14.4 Å². The van der Waals surface area contributed by atoms with E-state index in [1.54, 1.807) is 12.1 Å². The van der Waals surface area contributed by atoms with Crippen LogP contribution in [0.5, 0.6) is 0 Å². The molecule has 35 heavy (non-hydrogen) atoms. The van der Waals surface area contributed by atoms with Gasteiger partial charge in [-0.3, -0.25) is 0 Å². The quantitative estimate of drug-likeness (QED) is 0.303. The predicted molar refractivity (Wildman–Crippen MR) is 140 cm³/mol. The number of fused-ring (bicyclic) bond motifs is 2. The number of carboxylic acids is 1. The number of carboxylic acid groups (broad SMARTS) is 1. The highest BCUT2D eigenvalue weighted by Gasteiger charge is 2.23. The molecule has 3 aliphatic heterocycles. The first kappa shape index (κ1) is 21.9. The van der Waals surface area contributed by atoms with Crippen molar-refractivity contribution in [2.45, 2.75) is 38.5 Å². The molecule has 5 nitrogen and oxygen atoms in total. The molecule has 0 aromatic heterocycles. The average molecular weight is 468 g/mol. The molecule has 2 aromatic rings. The van der Waals surface area contributed by atoms with Crippen LogP contribution in [-0.4, -0.2) is 37.3 Å². The minimum absolute atomic E-state index is 0.307. The Morgan fingerprint density at radius 1 is 0.829 bits per heavy atom. The van der Waals surface area contributed by atoms with Gasteiger partial charge in [0, 0.05) is 60.3 Å². The van der Waals surface area contributed by atoms with Crippen molar-refractivity contribution in [1.29, 1.82) is 0 Å². The van der Waals surface area contributed by atoms with Crippen LogP contribution in [0, 0.1) is 0 Å². The van der Waals surface area contributed by atoms with Gasteiger partial charge in [-0.2, -0.15) is 0 Å². The molecule has 5 heteroatoms. The van der Waals surface area contributed by atoms with Gasteiger partial charge in [0.25, 0.3) is 0 Å². The number of nitrogens with zero attached hydrogens (tertiary/aromatic N) is 2. The summed E-state index contributed by atoms with van der Waals surface area (Å²) in [6.45, 7) is 4.25. The molecule has 4 aliphatic rings. The van der Waals surface area contributed by atoms with Crippen LogP contribution >= 0.6 is 0 Å². The fourth-order valence-corrected chi connectivity index (χ4v) is 5.74. The highest BCUT2D eigenvalue weighted by Crippen LogP contribution is 2.42. The molecule has 1 aliphatic carbocycles. The predicted octanol–water partition coefficient (Wildman–Crippen LogP) is 5.85. The SMILES string of the molecule is O=C(O)c1ccccc1-c1c2ccc(=[N+]3CCCCC3)cc-2oc2cc(N3CCCCC3)ccc12. The van der Waals surface area contributed by atoms with Crippen LogP contribution in [0.25, 0.3) is 33.4 Å². The molecule has 0 unspecified atom stereocenters. The Labute approximate surface area is 205 Å². The second-order valence-electron chi connectivity index (χ2n) is 9.78. The Hall–Kier alpha value is -3.60. The zero-order chi connectivity index (χ0) is 23.8. The van der Waals surface area contributed by atoms with Gasteiger partial charge in [0.05, 0.1) is 11.6 Å². The Morgan fingerprint density at radius 2 is 1.60 bits per heavy atom. The fourth-order valence-electron chi connectivity index (χ4n) is 5.74. The third-order valence-corrected chi connectivity index (χ3v) is 7.56. The third-order valence-electron chi connectivity index (χ3n) is 7.56. The van der Waals surface area contributed by atoms with E-state index in [2.05, 4.69) is 45.9 Å². The Balaban J connectivity index is 1.63. The summed E-state index contributed by atoms with van der Waals surface area (Å²) in [5.41, 5.74) is 4.87. The van der Waals surface area contributed by atoms with Crippen molar-refractivity contribution >= 4 is 22.6 Å². The van der Waals surface area contributed by atoms with E-state index < -0.39 is 5.97 Å². The number of hydrogen-bond donors (Lipinski definition) is 1. The van der Waals surface area contributed by atoms with Crippen molar-refractivity contribution in [2.75, 3.05) is 31.1 Å². The number of anilines is 1. The largest absolute Gasteiger partial charge is 0.478 e. The van der Waals surface area contributed by atoms with Crippen LogP contribution in [0.3, 0.4) is 0 Å². The topological polar surface area (TPSA) is 56.7 Å². The Kier molecular flexibility index (Phi) is 5.77. The maximum absolute atomic E-state index is 12.2. The molecule has 6 rings (SSSR count). The lowest BCUT2D eigenvalue weighted by atomic mass is 9.90. The number of aromatic carboxylic acids is 1. The van der Waals surface area contributed by atoms with Crippen LogP contribution in [0.1, 0.15) is 48.9 Å². The second kappa shape index (κ2) is 9.21. The fraction of sp³-hybridized carbons (Fsp3) is 0.333. The first-order chi connectivity index (χ1) is 17.2. The van der Waals surface area contributed by atoms with Gasteiger partial charge in [-0.15, -0.1) is 0 Å². The van der Waals surface area contributed by atoms with Gasteiger partial charge in [0.1, 0.15) is 24.4 Å². The third kappa shape index (κ3) is 4.09. The number of rotatable bonds is 3. The molecular formula is C30H31N2O3+. The second-order valence-corrected chi connectivity index (χ2v) is 9.78. The van der Waals surface area contributed by atoms with Crippen molar-refractivity contribution in [3.63, 3.8) is 0 Å². The lowest BCUT2D eigenvalue weighted by Crippen LogP contribution is -2.34. The summed E-state index contributed by atoms with van der Waals surface area (Å²) in [6, 6.07) is 20.1. The van der Waals surface area contributed by atoms with E-state index in [0.717, 1.165) is 59.6 Å². The highest BCUT2D eigenvalue weighted by atomic mass is 16.4. The molecule has 2 saturated heterocycles. The number of hydrogen-bond acceptors (Lipinski definition) is 3. The van der Waals surface area contributed by atoms with Gasteiger partial charge in [0.2, 0.25) is 5.36 Å². The maximum Gasteiger partial charge on any atom is 0.336 e. The van der Waals surface area contributed by atoms with Gasteiger partial charge in [-0.1, -0.05) is 18.2 Å². The van der Waals surface area contributed by atoms with E-state index in [0.29, 0.717) is 5.56 Å². The summed E-state index contributed by atoms with van der Waals surface area (Å²) in [7, 11) is 0. The van der Waals surface area contributed by atoms with E-state index in [4.69, 9.17) is 4.42 Å². The summed E-state index contributed by atoms with van der Waals surface area (Å²) >= 11 is 0. The smallest absolute Gasteiger partial charge is 0.336 e. The summed E-state index contributed by atoms with van der Waals surface area (Å²) < 4.78 is 9.00. The number of benzene rings is 3. The zero-order valence-corrected chi connectivity index (χ0v) is 20.0. The molecule has 0 radical (unpaired) electrons. The number of carbonyl (C=O) groups is 1. The van der Waals surface area contributed by atoms with Gasteiger partial charge in [-0.25, -0.2) is 9.37 Å². The monoisotopic (exact) mass is 467 g/mol. The van der Waals surface area contributed by atoms with E-state index in [9.17, 15) is 9.90 Å². The molecule has 2 aromatic carbocycles. The molecule has 0 saturated carbocycles. The summed E-state index contributed by atoms with van der Waals surface area (Å²) in [4.78, 5) is 14.6. The van der Waals surface area contributed by atoms with Crippen LogP contribution in [-0.2, 0) is 0 Å². The molecule has 0 bridgehead atoms. The molecular weight excluding hydrogens is 436 g/mol. The van der Waals surface area contributed by atoms with Gasteiger partial charge in [-0.05, 0) is 55.5 Å². The molecule has 0 spiro atoms. The summed E-state index contributed by atoms with van der Waals surface area (Å²) in [5.74, 6) is -0.121. The summed E-state index contributed by atoms with van der Waals surface area (Å²) in [6.07, 6.45) is 7.42. The van der Waals surface area contributed by atoms with Crippen LogP contribution in [0.15, 0.2) is 65.1 Å². The van der Waals surface area contributed by atoms with Crippen LogP contribution < -0.4 is 14.8 Å². The van der Waals surface area contributed by atoms with Gasteiger partial charge >= 0.3 is 5.97 Å². The van der Waals surface area contributed by atoms with E-state index in [1.165, 1.54) is 49.6 Å². The first-order valence-electron chi connectivity index (χ1n) is 12.9. The normalized spacial score (nSPS) is 16.7. The van der Waals surface area contributed by atoms with Crippen molar-refractivity contribution in [1.82, 2.24) is 4.58 Å². The standard InChI is InChI=1S/C30H30N2O3/c33-30(34)24-10-4-3-9-23(24)29-25-13-11-21(31-15-5-1-6-16-31)19-27(25)35-28-20-22(12-14-26(28)29)32-17-7-2-8-18-32/h3-4,9-14,19-20H,1-2,5-8,15-18H2/p+1. The number of piperidine rings is 2. The van der Waals surface area contributed by atoms with E-state index >= 15 is 0 Å². The lowest BCUT2D eigenvalue weighted by molar-refractivity contribution is 0.0697. The van der Waals surface area contributed by atoms with E-state index in [1.807, 2.05) is 12.1 Å².